The number of aryl methyl sites for hydroxylation is 2. The lowest BCUT2D eigenvalue weighted by molar-refractivity contribution is 0.101. The smallest absolute Gasteiger partial charge is 0.253 e. The summed E-state index contributed by atoms with van der Waals surface area (Å²) < 4.78 is 28.3. The SMILES string of the molecule is Cc1cc(C)n2nc(SCC(=O)c3cc(F)ccc3F)nc2n1. The first-order chi connectivity index (χ1) is 10.9. The molecule has 0 saturated carbocycles. The first-order valence-corrected chi connectivity index (χ1v) is 7.74. The second-order valence-corrected chi connectivity index (χ2v) is 5.92. The molecule has 0 spiro atoms. The standard InChI is InChI=1S/C15H12F2N4OS/c1-8-5-9(2)21-14(18-8)19-15(20-21)23-7-13(22)11-6-10(16)3-4-12(11)17/h3-6H,7H2,1-2H3. The van der Waals surface area contributed by atoms with E-state index in [0.29, 0.717) is 10.9 Å². The highest BCUT2D eigenvalue weighted by atomic mass is 32.2. The highest BCUT2D eigenvalue weighted by Gasteiger charge is 2.15. The third-order valence-corrected chi connectivity index (χ3v) is 4.00. The molecule has 2 aromatic heterocycles. The van der Waals surface area contributed by atoms with E-state index in [-0.39, 0.29) is 11.3 Å². The zero-order valence-electron chi connectivity index (χ0n) is 12.4. The van der Waals surface area contributed by atoms with Gasteiger partial charge in [0, 0.05) is 11.4 Å². The van der Waals surface area contributed by atoms with Crippen LogP contribution in [0.4, 0.5) is 8.78 Å². The molecule has 1 aromatic carbocycles. The van der Waals surface area contributed by atoms with Gasteiger partial charge in [0.25, 0.3) is 5.78 Å². The summed E-state index contributed by atoms with van der Waals surface area (Å²) in [7, 11) is 0. The number of benzene rings is 1. The van der Waals surface area contributed by atoms with Crippen molar-refractivity contribution in [3.05, 3.63) is 52.9 Å². The Labute approximate surface area is 134 Å². The number of aromatic nitrogens is 4. The van der Waals surface area contributed by atoms with E-state index in [0.717, 1.165) is 41.3 Å². The number of Topliss-reactive ketones (excluding diaryl/α,β-unsaturated/α-hetero) is 1. The summed E-state index contributed by atoms with van der Waals surface area (Å²) in [4.78, 5) is 20.5. The van der Waals surface area contributed by atoms with Crippen LogP contribution >= 0.6 is 11.8 Å². The number of halogens is 2. The van der Waals surface area contributed by atoms with Gasteiger partial charge in [0.05, 0.1) is 11.3 Å². The zero-order chi connectivity index (χ0) is 16.6. The highest BCUT2D eigenvalue weighted by molar-refractivity contribution is 7.99. The quantitative estimate of drug-likeness (QED) is 0.542. The van der Waals surface area contributed by atoms with Crippen LogP contribution in [0.1, 0.15) is 21.7 Å². The van der Waals surface area contributed by atoms with Crippen LogP contribution in [0, 0.1) is 25.5 Å². The monoisotopic (exact) mass is 334 g/mol. The van der Waals surface area contributed by atoms with Crippen molar-refractivity contribution in [2.75, 3.05) is 5.75 Å². The van der Waals surface area contributed by atoms with E-state index in [1.165, 1.54) is 0 Å². The molecule has 8 heteroatoms. The number of rotatable bonds is 4. The van der Waals surface area contributed by atoms with Crippen molar-refractivity contribution in [1.82, 2.24) is 19.6 Å². The third kappa shape index (κ3) is 3.21. The summed E-state index contributed by atoms with van der Waals surface area (Å²) in [5, 5.41) is 4.60. The Balaban J connectivity index is 1.79. The van der Waals surface area contributed by atoms with Crippen molar-refractivity contribution in [1.29, 1.82) is 0 Å². The maximum Gasteiger partial charge on any atom is 0.253 e. The van der Waals surface area contributed by atoms with Crippen LogP contribution in [0.3, 0.4) is 0 Å². The van der Waals surface area contributed by atoms with Crippen LogP contribution in [0.5, 0.6) is 0 Å². The van der Waals surface area contributed by atoms with Gasteiger partial charge >= 0.3 is 0 Å². The zero-order valence-corrected chi connectivity index (χ0v) is 13.2. The van der Waals surface area contributed by atoms with E-state index in [1.807, 2.05) is 19.9 Å². The van der Waals surface area contributed by atoms with Gasteiger partial charge in [0.1, 0.15) is 11.6 Å². The van der Waals surface area contributed by atoms with E-state index in [1.54, 1.807) is 4.52 Å². The molecule has 0 N–H and O–H groups in total. The van der Waals surface area contributed by atoms with E-state index >= 15 is 0 Å². The number of carbonyl (C=O) groups is 1. The van der Waals surface area contributed by atoms with E-state index < -0.39 is 17.4 Å². The average molecular weight is 334 g/mol. The molecule has 0 fully saturated rings. The summed E-state index contributed by atoms with van der Waals surface area (Å²) in [6.07, 6.45) is 0. The normalized spacial score (nSPS) is 11.1. The molecule has 0 amide bonds. The Morgan fingerprint density at radius 1 is 1.22 bits per heavy atom. The molecule has 118 valence electrons. The second kappa shape index (κ2) is 6.04. The lowest BCUT2D eigenvalue weighted by Crippen LogP contribution is -2.06. The first kappa shape index (κ1) is 15.5. The molecule has 0 saturated heterocycles. The highest BCUT2D eigenvalue weighted by Crippen LogP contribution is 2.18. The third-order valence-electron chi connectivity index (χ3n) is 3.16. The fourth-order valence-electron chi connectivity index (χ4n) is 2.13. The van der Waals surface area contributed by atoms with Crippen LogP contribution in [0.15, 0.2) is 29.4 Å². The van der Waals surface area contributed by atoms with Gasteiger partial charge in [-0.1, -0.05) is 11.8 Å². The van der Waals surface area contributed by atoms with Crippen molar-refractivity contribution in [3.63, 3.8) is 0 Å². The minimum Gasteiger partial charge on any atom is -0.293 e. The number of ketones is 1. The maximum absolute atomic E-state index is 13.6. The number of thioether (sulfide) groups is 1. The van der Waals surface area contributed by atoms with Crippen LogP contribution in [-0.2, 0) is 0 Å². The number of carbonyl (C=O) groups excluding carboxylic acids is 1. The molecule has 0 unspecified atom stereocenters. The van der Waals surface area contributed by atoms with Crippen molar-refractivity contribution in [2.45, 2.75) is 19.0 Å². The lowest BCUT2D eigenvalue weighted by Gasteiger charge is -2.01. The number of nitrogens with zero attached hydrogens (tertiary/aromatic N) is 4. The van der Waals surface area contributed by atoms with Gasteiger partial charge in [0.15, 0.2) is 5.78 Å². The van der Waals surface area contributed by atoms with Gasteiger partial charge in [-0.15, -0.1) is 5.10 Å². The summed E-state index contributed by atoms with van der Waals surface area (Å²) >= 11 is 1.06. The number of hydrogen-bond donors (Lipinski definition) is 0. The van der Waals surface area contributed by atoms with Gasteiger partial charge in [-0.25, -0.2) is 18.3 Å². The van der Waals surface area contributed by atoms with Gasteiger partial charge < -0.3 is 0 Å². The molecule has 0 aliphatic heterocycles. The summed E-state index contributed by atoms with van der Waals surface area (Å²) in [5.41, 5.74) is 1.41. The fraction of sp³-hybridized carbons (Fsp3) is 0.200. The predicted octanol–water partition coefficient (Wildman–Crippen LogP) is 2.99. The fourth-order valence-corrected chi connectivity index (χ4v) is 2.83. The van der Waals surface area contributed by atoms with Crippen LogP contribution in [-0.4, -0.2) is 31.1 Å². The molecule has 0 radical (unpaired) electrons. The van der Waals surface area contributed by atoms with Crippen LogP contribution in [0.25, 0.3) is 5.78 Å². The molecule has 0 bridgehead atoms. The minimum absolute atomic E-state index is 0.0880. The molecule has 5 nitrogen and oxygen atoms in total. The van der Waals surface area contributed by atoms with E-state index in [9.17, 15) is 13.6 Å². The molecule has 0 aliphatic carbocycles. The Hall–Kier alpha value is -2.35. The summed E-state index contributed by atoms with van der Waals surface area (Å²) in [6, 6.07) is 4.67. The van der Waals surface area contributed by atoms with E-state index in [4.69, 9.17) is 0 Å². The predicted molar refractivity (Wildman–Crippen MR) is 81.7 cm³/mol. The number of fused-ring (bicyclic) bond motifs is 1. The molecular weight excluding hydrogens is 322 g/mol. The summed E-state index contributed by atoms with van der Waals surface area (Å²) in [5.74, 6) is -1.56. The Morgan fingerprint density at radius 2 is 2.00 bits per heavy atom. The first-order valence-electron chi connectivity index (χ1n) is 6.76. The second-order valence-electron chi connectivity index (χ2n) is 4.98. The van der Waals surface area contributed by atoms with Crippen LogP contribution < -0.4 is 0 Å². The average Bonchev–Trinajstić information content (AvgIpc) is 2.90. The Morgan fingerprint density at radius 3 is 2.78 bits per heavy atom. The van der Waals surface area contributed by atoms with Crippen molar-refractivity contribution < 1.29 is 13.6 Å². The molecular formula is C15H12F2N4OS. The van der Waals surface area contributed by atoms with Gasteiger partial charge in [-0.3, -0.25) is 4.79 Å². The largest absolute Gasteiger partial charge is 0.293 e. The number of hydrogen-bond acceptors (Lipinski definition) is 5. The van der Waals surface area contributed by atoms with E-state index in [2.05, 4.69) is 15.1 Å². The van der Waals surface area contributed by atoms with Gasteiger partial charge in [-0.2, -0.15) is 4.98 Å². The lowest BCUT2D eigenvalue weighted by atomic mass is 10.1. The molecule has 2 heterocycles. The molecule has 3 rings (SSSR count). The van der Waals surface area contributed by atoms with Gasteiger partial charge in [0.2, 0.25) is 5.16 Å². The molecule has 23 heavy (non-hydrogen) atoms. The minimum atomic E-state index is -0.743. The topological polar surface area (TPSA) is 60.2 Å². The van der Waals surface area contributed by atoms with Crippen molar-refractivity contribution in [3.8, 4) is 0 Å². The van der Waals surface area contributed by atoms with Crippen molar-refractivity contribution in [2.24, 2.45) is 0 Å². The summed E-state index contributed by atoms with van der Waals surface area (Å²) in [6.45, 7) is 3.73. The van der Waals surface area contributed by atoms with Crippen LogP contribution in [0.2, 0.25) is 0 Å². The Kier molecular flexibility index (Phi) is 4.08. The molecule has 3 aromatic rings. The van der Waals surface area contributed by atoms with Crippen molar-refractivity contribution >= 4 is 23.3 Å². The molecule has 0 aliphatic rings. The molecule has 0 atom stereocenters. The maximum atomic E-state index is 13.6. The van der Waals surface area contributed by atoms with Gasteiger partial charge in [-0.05, 0) is 38.1 Å². The Bertz CT molecular complexity index is 910.